The van der Waals surface area contributed by atoms with Crippen LogP contribution in [0.25, 0.3) is 0 Å². The van der Waals surface area contributed by atoms with E-state index in [1.807, 2.05) is 6.08 Å². The van der Waals surface area contributed by atoms with Crippen LogP contribution in [0.3, 0.4) is 0 Å². The first kappa shape index (κ1) is 20.8. The number of phenols is 1. The second-order valence-corrected chi connectivity index (χ2v) is 9.13. The van der Waals surface area contributed by atoms with Gasteiger partial charge in [0.05, 0.1) is 0 Å². The van der Waals surface area contributed by atoms with Crippen LogP contribution < -0.4 is 0 Å². The zero-order chi connectivity index (χ0) is 18.4. The van der Waals surface area contributed by atoms with E-state index >= 15 is 0 Å². The third-order valence-corrected chi connectivity index (χ3v) is 4.66. The van der Waals surface area contributed by atoms with Crippen LogP contribution in [0.1, 0.15) is 96.8 Å². The lowest BCUT2D eigenvalue weighted by molar-refractivity contribution is 0.422. The number of hydrogen-bond donors (Lipinski definition) is 1. The van der Waals surface area contributed by atoms with Crippen molar-refractivity contribution in [1.29, 1.82) is 0 Å². The van der Waals surface area contributed by atoms with Crippen molar-refractivity contribution in [2.45, 2.75) is 97.3 Å². The highest BCUT2D eigenvalue weighted by Crippen LogP contribution is 2.40. The van der Waals surface area contributed by atoms with Crippen molar-refractivity contribution in [2.24, 2.45) is 0 Å². The topological polar surface area (TPSA) is 20.2 Å². The quantitative estimate of drug-likeness (QED) is 0.399. The van der Waals surface area contributed by atoms with Crippen LogP contribution in [-0.2, 0) is 17.3 Å². The second kappa shape index (κ2) is 8.74. The van der Waals surface area contributed by atoms with Gasteiger partial charge in [-0.1, -0.05) is 79.0 Å². The molecule has 0 amide bonds. The number of benzene rings is 1. The van der Waals surface area contributed by atoms with Gasteiger partial charge in [-0.15, -0.1) is 6.58 Å². The summed E-state index contributed by atoms with van der Waals surface area (Å²) in [7, 11) is 0. The maximum Gasteiger partial charge on any atom is 0.123 e. The SMILES string of the molecule is C=CCCCCCCCc1cc(C(C)(C)C)c(O)c(C(C)(C)C)c1. The van der Waals surface area contributed by atoms with Crippen LogP contribution in [0.4, 0.5) is 0 Å². The molecule has 0 aliphatic carbocycles. The van der Waals surface area contributed by atoms with Gasteiger partial charge in [-0.3, -0.25) is 0 Å². The Balaban J connectivity index is 2.82. The second-order valence-electron chi connectivity index (χ2n) is 9.13. The third kappa shape index (κ3) is 6.34. The van der Waals surface area contributed by atoms with Crippen LogP contribution in [0.15, 0.2) is 24.8 Å². The highest BCUT2D eigenvalue weighted by Gasteiger charge is 2.26. The van der Waals surface area contributed by atoms with Crippen molar-refractivity contribution in [3.05, 3.63) is 41.5 Å². The number of allylic oxidation sites excluding steroid dienone is 1. The minimum absolute atomic E-state index is 0.0369. The highest BCUT2D eigenvalue weighted by molar-refractivity contribution is 5.49. The normalized spacial score (nSPS) is 12.4. The van der Waals surface area contributed by atoms with E-state index in [0.717, 1.165) is 24.0 Å². The maximum absolute atomic E-state index is 10.8. The Morgan fingerprint density at radius 2 is 1.29 bits per heavy atom. The molecule has 0 radical (unpaired) electrons. The third-order valence-electron chi connectivity index (χ3n) is 4.66. The minimum atomic E-state index is -0.0369. The summed E-state index contributed by atoms with van der Waals surface area (Å²) < 4.78 is 0. The average molecular weight is 331 g/mol. The molecular formula is C23H38O. The van der Waals surface area contributed by atoms with Gasteiger partial charge in [0.1, 0.15) is 5.75 Å². The van der Waals surface area contributed by atoms with Crippen LogP contribution in [0.5, 0.6) is 5.75 Å². The zero-order valence-electron chi connectivity index (χ0n) is 16.8. The molecule has 1 aromatic rings. The summed E-state index contributed by atoms with van der Waals surface area (Å²) in [5.74, 6) is 0.489. The molecule has 0 saturated carbocycles. The van der Waals surface area contributed by atoms with Gasteiger partial charge in [0.2, 0.25) is 0 Å². The molecule has 0 fully saturated rings. The van der Waals surface area contributed by atoms with Crippen LogP contribution in [-0.4, -0.2) is 5.11 Å². The molecule has 24 heavy (non-hydrogen) atoms. The standard InChI is InChI=1S/C23H38O/c1-8-9-10-11-12-13-14-15-18-16-19(22(2,3)4)21(24)20(17-18)23(5,6)7/h8,16-17,24H,1,9-15H2,2-7H3. The van der Waals surface area contributed by atoms with Gasteiger partial charge in [0.25, 0.3) is 0 Å². The molecule has 0 aliphatic rings. The number of phenolic OH excluding ortho intramolecular Hbond substituents is 1. The van der Waals surface area contributed by atoms with E-state index < -0.39 is 0 Å². The predicted octanol–water partition coefficient (Wildman–Crippen LogP) is 7.06. The lowest BCUT2D eigenvalue weighted by Gasteiger charge is -2.28. The van der Waals surface area contributed by atoms with Crippen molar-refractivity contribution < 1.29 is 5.11 Å². The summed E-state index contributed by atoms with van der Waals surface area (Å²) in [6, 6.07) is 4.45. The van der Waals surface area contributed by atoms with Gasteiger partial charge in [-0.2, -0.15) is 0 Å². The minimum Gasteiger partial charge on any atom is -0.507 e. The fourth-order valence-corrected chi connectivity index (χ4v) is 3.13. The van der Waals surface area contributed by atoms with Crippen molar-refractivity contribution in [3.63, 3.8) is 0 Å². The van der Waals surface area contributed by atoms with Crippen molar-refractivity contribution in [1.82, 2.24) is 0 Å². The number of hydrogen-bond acceptors (Lipinski definition) is 1. The van der Waals surface area contributed by atoms with Gasteiger partial charge in [0.15, 0.2) is 0 Å². The van der Waals surface area contributed by atoms with Crippen LogP contribution in [0.2, 0.25) is 0 Å². The average Bonchev–Trinajstić information content (AvgIpc) is 2.45. The Kier molecular flexibility index (Phi) is 7.57. The molecule has 1 nitrogen and oxygen atoms in total. The molecule has 0 saturated heterocycles. The molecule has 136 valence electrons. The summed E-state index contributed by atoms with van der Waals surface area (Å²) in [4.78, 5) is 0. The van der Waals surface area contributed by atoms with Crippen LogP contribution >= 0.6 is 0 Å². The lowest BCUT2D eigenvalue weighted by atomic mass is 9.78. The number of aromatic hydroxyl groups is 1. The molecular weight excluding hydrogens is 292 g/mol. The summed E-state index contributed by atoms with van der Waals surface area (Å²) in [6.07, 6.45) is 10.7. The molecule has 1 heteroatoms. The van der Waals surface area contributed by atoms with E-state index in [9.17, 15) is 5.11 Å². The number of unbranched alkanes of at least 4 members (excludes halogenated alkanes) is 5. The molecule has 0 unspecified atom stereocenters. The highest BCUT2D eigenvalue weighted by atomic mass is 16.3. The lowest BCUT2D eigenvalue weighted by Crippen LogP contribution is -2.18. The smallest absolute Gasteiger partial charge is 0.123 e. The monoisotopic (exact) mass is 330 g/mol. The summed E-state index contributed by atoms with van der Waals surface area (Å²) in [5, 5.41) is 10.8. The molecule has 1 N–H and O–H groups in total. The maximum atomic E-state index is 10.8. The Morgan fingerprint density at radius 3 is 1.75 bits per heavy atom. The van der Waals surface area contributed by atoms with E-state index in [4.69, 9.17) is 0 Å². The van der Waals surface area contributed by atoms with Gasteiger partial charge < -0.3 is 5.11 Å². The van der Waals surface area contributed by atoms with Crippen molar-refractivity contribution in [3.8, 4) is 5.75 Å². The Morgan fingerprint density at radius 1 is 0.833 bits per heavy atom. The Labute approximate surface area is 150 Å². The fraction of sp³-hybridized carbons (Fsp3) is 0.652. The van der Waals surface area contributed by atoms with E-state index in [1.54, 1.807) is 0 Å². The molecule has 0 bridgehead atoms. The first-order chi connectivity index (χ1) is 11.1. The van der Waals surface area contributed by atoms with Gasteiger partial charge in [0, 0.05) is 0 Å². The van der Waals surface area contributed by atoms with E-state index in [2.05, 4.69) is 60.3 Å². The summed E-state index contributed by atoms with van der Waals surface area (Å²) in [5.41, 5.74) is 3.45. The Hall–Kier alpha value is -1.24. The van der Waals surface area contributed by atoms with Crippen molar-refractivity contribution >= 4 is 0 Å². The first-order valence-electron chi connectivity index (χ1n) is 9.55. The zero-order valence-corrected chi connectivity index (χ0v) is 16.8. The molecule has 0 aliphatic heterocycles. The van der Waals surface area contributed by atoms with E-state index in [0.29, 0.717) is 5.75 Å². The summed E-state index contributed by atoms with van der Waals surface area (Å²) >= 11 is 0. The van der Waals surface area contributed by atoms with Gasteiger partial charge in [-0.25, -0.2) is 0 Å². The fourth-order valence-electron chi connectivity index (χ4n) is 3.13. The summed E-state index contributed by atoms with van der Waals surface area (Å²) in [6.45, 7) is 16.8. The molecule has 1 rings (SSSR count). The molecule has 0 heterocycles. The molecule has 0 atom stereocenters. The van der Waals surface area contributed by atoms with E-state index in [1.165, 1.54) is 37.7 Å². The van der Waals surface area contributed by atoms with Gasteiger partial charge >= 0.3 is 0 Å². The molecule has 1 aromatic carbocycles. The Bertz CT molecular complexity index is 491. The van der Waals surface area contributed by atoms with Crippen LogP contribution in [0, 0.1) is 0 Å². The largest absolute Gasteiger partial charge is 0.507 e. The molecule has 0 spiro atoms. The first-order valence-corrected chi connectivity index (χ1v) is 9.55. The predicted molar refractivity (Wildman–Crippen MR) is 107 cm³/mol. The van der Waals surface area contributed by atoms with Crippen molar-refractivity contribution in [2.75, 3.05) is 0 Å². The number of aryl methyl sites for hydroxylation is 1. The van der Waals surface area contributed by atoms with E-state index in [-0.39, 0.29) is 10.8 Å². The van der Waals surface area contributed by atoms with Gasteiger partial charge in [-0.05, 0) is 53.2 Å². The number of rotatable bonds is 8. The molecule has 0 aromatic heterocycles.